The molecule has 0 heterocycles. The molecule has 0 aliphatic heterocycles. The molecule has 19 heavy (non-hydrogen) atoms. The maximum atomic E-state index is 11.5. The molecule has 102 valence electrons. The number of esters is 1. The van der Waals surface area contributed by atoms with E-state index in [4.69, 9.17) is 9.47 Å². The van der Waals surface area contributed by atoms with Gasteiger partial charge in [-0.1, -0.05) is 12.7 Å². The van der Waals surface area contributed by atoms with E-state index in [1.165, 1.54) is 26.2 Å². The predicted octanol–water partition coefficient (Wildman–Crippen LogP) is 2.01. The highest BCUT2D eigenvalue weighted by Crippen LogP contribution is 2.23. The van der Waals surface area contributed by atoms with Gasteiger partial charge in [-0.15, -0.1) is 0 Å². The zero-order valence-electron chi connectivity index (χ0n) is 11.0. The third-order valence-corrected chi connectivity index (χ3v) is 2.11. The molecule has 0 saturated heterocycles. The van der Waals surface area contributed by atoms with Gasteiger partial charge in [0.15, 0.2) is 5.78 Å². The maximum absolute atomic E-state index is 11.5. The van der Waals surface area contributed by atoms with Gasteiger partial charge in [0.2, 0.25) is 0 Å². The Morgan fingerprint density at radius 1 is 1.21 bits per heavy atom. The van der Waals surface area contributed by atoms with Crippen LogP contribution in [-0.2, 0) is 9.53 Å². The van der Waals surface area contributed by atoms with Crippen LogP contribution >= 0.6 is 0 Å². The summed E-state index contributed by atoms with van der Waals surface area (Å²) in [5.41, 5.74) is 0.294. The molecule has 0 aliphatic rings. The SMILES string of the molecule is C=CCOc1cc(OCC(C)=O)cc(C(=O)OC)c1. The standard InChI is InChI=1S/C14H16O5/c1-4-5-18-12-6-11(14(16)17-3)7-13(8-12)19-9-10(2)15/h4,6-8H,1,5,9H2,2-3H3. The molecule has 0 amide bonds. The van der Waals surface area contributed by atoms with Gasteiger partial charge in [-0.05, 0) is 19.1 Å². The Balaban J connectivity index is 2.97. The number of hydrogen-bond donors (Lipinski definition) is 0. The van der Waals surface area contributed by atoms with Crippen LogP contribution in [0.25, 0.3) is 0 Å². The highest BCUT2D eigenvalue weighted by atomic mass is 16.5. The Hall–Kier alpha value is -2.30. The van der Waals surface area contributed by atoms with Crippen LogP contribution in [0.1, 0.15) is 17.3 Å². The molecule has 0 fully saturated rings. The van der Waals surface area contributed by atoms with Gasteiger partial charge >= 0.3 is 5.97 Å². The van der Waals surface area contributed by atoms with Gasteiger partial charge in [-0.2, -0.15) is 0 Å². The van der Waals surface area contributed by atoms with Crippen molar-refractivity contribution in [1.82, 2.24) is 0 Å². The number of hydrogen-bond acceptors (Lipinski definition) is 5. The number of carbonyl (C=O) groups is 2. The Bertz CT molecular complexity index is 479. The number of carbonyl (C=O) groups excluding carboxylic acids is 2. The molecular formula is C14H16O5. The third-order valence-electron chi connectivity index (χ3n) is 2.11. The lowest BCUT2D eigenvalue weighted by Gasteiger charge is -2.10. The minimum absolute atomic E-state index is 0.0640. The maximum Gasteiger partial charge on any atom is 0.338 e. The van der Waals surface area contributed by atoms with Crippen LogP contribution in [0.2, 0.25) is 0 Å². The van der Waals surface area contributed by atoms with Gasteiger partial charge in [0.05, 0.1) is 12.7 Å². The van der Waals surface area contributed by atoms with Crippen molar-refractivity contribution in [2.75, 3.05) is 20.3 Å². The Labute approximate surface area is 111 Å². The Kier molecular flexibility index (Phi) is 5.60. The quantitative estimate of drug-likeness (QED) is 0.557. The summed E-state index contributed by atoms with van der Waals surface area (Å²) in [6.07, 6.45) is 1.58. The molecule has 1 rings (SSSR count). The van der Waals surface area contributed by atoms with E-state index >= 15 is 0 Å². The molecule has 0 saturated carbocycles. The van der Waals surface area contributed by atoms with Crippen LogP contribution in [0.4, 0.5) is 0 Å². The lowest BCUT2D eigenvalue weighted by Crippen LogP contribution is -2.08. The van der Waals surface area contributed by atoms with E-state index in [2.05, 4.69) is 11.3 Å². The fourth-order valence-corrected chi connectivity index (χ4v) is 1.31. The van der Waals surface area contributed by atoms with Crippen LogP contribution in [0, 0.1) is 0 Å². The first kappa shape index (κ1) is 14.8. The van der Waals surface area contributed by atoms with Crippen LogP contribution in [0.15, 0.2) is 30.9 Å². The average molecular weight is 264 g/mol. The van der Waals surface area contributed by atoms with Gasteiger partial charge < -0.3 is 14.2 Å². The summed E-state index contributed by atoms with van der Waals surface area (Å²) in [5.74, 6) is 0.201. The highest BCUT2D eigenvalue weighted by Gasteiger charge is 2.10. The van der Waals surface area contributed by atoms with Gasteiger partial charge in [0.1, 0.15) is 24.7 Å². The molecule has 0 N–H and O–H groups in total. The number of ketones is 1. The normalized spacial score (nSPS) is 9.58. The van der Waals surface area contributed by atoms with Crippen LogP contribution < -0.4 is 9.47 Å². The summed E-state index contributed by atoms with van der Waals surface area (Å²) in [6.45, 7) is 5.19. The lowest BCUT2D eigenvalue weighted by molar-refractivity contribution is -0.118. The first-order valence-corrected chi connectivity index (χ1v) is 5.66. The van der Waals surface area contributed by atoms with Crippen molar-refractivity contribution in [3.05, 3.63) is 36.4 Å². The minimum Gasteiger partial charge on any atom is -0.489 e. The van der Waals surface area contributed by atoms with Crippen molar-refractivity contribution in [2.24, 2.45) is 0 Å². The molecule has 0 aliphatic carbocycles. The molecule has 0 radical (unpaired) electrons. The van der Waals surface area contributed by atoms with E-state index in [9.17, 15) is 9.59 Å². The molecule has 0 unspecified atom stereocenters. The fraction of sp³-hybridized carbons (Fsp3) is 0.286. The molecule has 1 aromatic carbocycles. The highest BCUT2D eigenvalue weighted by molar-refractivity contribution is 5.90. The summed E-state index contributed by atoms with van der Waals surface area (Å²) in [7, 11) is 1.29. The van der Waals surface area contributed by atoms with Crippen molar-refractivity contribution >= 4 is 11.8 Å². The molecule has 0 spiro atoms. The van der Waals surface area contributed by atoms with Gasteiger partial charge in [0.25, 0.3) is 0 Å². The minimum atomic E-state index is -0.503. The van der Waals surface area contributed by atoms with Crippen molar-refractivity contribution in [1.29, 1.82) is 0 Å². The summed E-state index contributed by atoms with van der Waals surface area (Å²) < 4.78 is 15.2. The first-order valence-electron chi connectivity index (χ1n) is 5.66. The zero-order valence-corrected chi connectivity index (χ0v) is 11.0. The second kappa shape index (κ2) is 7.20. The number of ether oxygens (including phenoxy) is 3. The van der Waals surface area contributed by atoms with Crippen LogP contribution in [-0.4, -0.2) is 32.1 Å². The van der Waals surface area contributed by atoms with E-state index in [-0.39, 0.29) is 12.4 Å². The van der Waals surface area contributed by atoms with Crippen LogP contribution in [0.5, 0.6) is 11.5 Å². The predicted molar refractivity (Wildman–Crippen MR) is 69.6 cm³/mol. The molecule has 0 atom stereocenters. The summed E-state index contributed by atoms with van der Waals surface area (Å²) >= 11 is 0. The molecule has 5 heteroatoms. The van der Waals surface area contributed by atoms with Crippen molar-refractivity contribution in [3.63, 3.8) is 0 Å². The Morgan fingerprint density at radius 3 is 2.37 bits per heavy atom. The first-order chi connectivity index (χ1) is 9.06. The van der Waals surface area contributed by atoms with Gasteiger partial charge in [0, 0.05) is 6.07 Å². The zero-order chi connectivity index (χ0) is 14.3. The molecular weight excluding hydrogens is 248 g/mol. The number of rotatable bonds is 7. The summed E-state index contributed by atoms with van der Waals surface area (Å²) in [5, 5.41) is 0. The molecule has 5 nitrogen and oxygen atoms in total. The average Bonchev–Trinajstić information content (AvgIpc) is 2.41. The van der Waals surface area contributed by atoms with Crippen molar-refractivity contribution in [3.8, 4) is 11.5 Å². The second-order valence-electron chi connectivity index (χ2n) is 3.78. The smallest absolute Gasteiger partial charge is 0.338 e. The Morgan fingerprint density at radius 2 is 1.84 bits per heavy atom. The largest absolute Gasteiger partial charge is 0.489 e. The van der Waals surface area contributed by atoms with Crippen molar-refractivity contribution < 1.29 is 23.8 Å². The van der Waals surface area contributed by atoms with E-state index in [1.807, 2.05) is 0 Å². The second-order valence-corrected chi connectivity index (χ2v) is 3.78. The van der Waals surface area contributed by atoms with E-state index in [0.29, 0.717) is 23.7 Å². The topological polar surface area (TPSA) is 61.8 Å². The monoisotopic (exact) mass is 264 g/mol. The van der Waals surface area contributed by atoms with Gasteiger partial charge in [-0.25, -0.2) is 4.79 Å². The summed E-state index contributed by atoms with van der Waals surface area (Å²) in [6, 6.07) is 4.63. The molecule has 0 aromatic heterocycles. The number of Topliss-reactive ketones (excluding diaryl/α,β-unsaturated/α-hetero) is 1. The third kappa shape index (κ3) is 4.83. The van der Waals surface area contributed by atoms with Gasteiger partial charge in [-0.3, -0.25) is 4.79 Å². The fourth-order valence-electron chi connectivity index (χ4n) is 1.31. The van der Waals surface area contributed by atoms with E-state index in [1.54, 1.807) is 12.1 Å². The van der Waals surface area contributed by atoms with Crippen molar-refractivity contribution in [2.45, 2.75) is 6.92 Å². The molecule has 0 bridgehead atoms. The number of benzene rings is 1. The lowest BCUT2D eigenvalue weighted by atomic mass is 10.2. The summed E-state index contributed by atoms with van der Waals surface area (Å²) in [4.78, 5) is 22.4. The molecule has 1 aromatic rings. The van der Waals surface area contributed by atoms with Crippen LogP contribution in [0.3, 0.4) is 0 Å². The number of methoxy groups -OCH3 is 1. The van der Waals surface area contributed by atoms with E-state index in [0.717, 1.165) is 0 Å². The van der Waals surface area contributed by atoms with E-state index < -0.39 is 5.97 Å².